The molecule has 3 fully saturated rings. The van der Waals surface area contributed by atoms with Crippen LogP contribution in [0.15, 0.2) is 24.3 Å². The second-order valence-corrected chi connectivity index (χ2v) is 10.1. The largest absolute Gasteiger partial charge is 0.378 e. The van der Waals surface area contributed by atoms with Gasteiger partial charge in [0.2, 0.25) is 11.8 Å². The summed E-state index contributed by atoms with van der Waals surface area (Å²) in [6.45, 7) is 1.86. The van der Waals surface area contributed by atoms with Crippen molar-refractivity contribution in [3.63, 3.8) is 0 Å². The third-order valence-electron chi connectivity index (χ3n) is 7.52. The summed E-state index contributed by atoms with van der Waals surface area (Å²) in [5.41, 5.74) is 5.82. The molecule has 2 unspecified atom stereocenters. The highest BCUT2D eigenvalue weighted by molar-refractivity contribution is 5.96. The maximum absolute atomic E-state index is 13.7. The van der Waals surface area contributed by atoms with Crippen LogP contribution in [0.4, 0.5) is 9.18 Å². The molecular formula is C26H36FN5O5. The van der Waals surface area contributed by atoms with E-state index in [9.17, 15) is 23.6 Å². The summed E-state index contributed by atoms with van der Waals surface area (Å²) < 4.78 is 19.1. The number of piperazine rings is 1. The zero-order chi connectivity index (χ0) is 26.4. The summed E-state index contributed by atoms with van der Waals surface area (Å²) in [4.78, 5) is 56.8. The van der Waals surface area contributed by atoms with Crippen LogP contribution in [0.1, 0.15) is 48.9 Å². The summed E-state index contributed by atoms with van der Waals surface area (Å²) in [5.74, 6) is -1.81. The van der Waals surface area contributed by atoms with Crippen molar-refractivity contribution >= 4 is 23.8 Å². The Labute approximate surface area is 216 Å². The first-order chi connectivity index (χ1) is 17.8. The Bertz CT molecular complexity index is 995. The number of nitrogens with two attached hydrogens (primary N) is 1. The number of morpholine rings is 1. The van der Waals surface area contributed by atoms with Crippen LogP contribution in [0, 0.1) is 11.7 Å². The predicted octanol–water partition coefficient (Wildman–Crippen LogP) is 1.34. The normalized spacial score (nSPS) is 21.9. The molecule has 0 radical (unpaired) electrons. The first-order valence-corrected chi connectivity index (χ1v) is 13.1. The zero-order valence-electron chi connectivity index (χ0n) is 21.1. The number of nitrogens with zero attached hydrogens (tertiary/aromatic N) is 3. The van der Waals surface area contributed by atoms with E-state index < -0.39 is 35.6 Å². The van der Waals surface area contributed by atoms with Crippen LogP contribution in [0.2, 0.25) is 0 Å². The van der Waals surface area contributed by atoms with E-state index in [1.54, 1.807) is 4.90 Å². The number of hydrogen-bond donors (Lipinski definition) is 2. The first kappa shape index (κ1) is 26.8. The molecule has 2 atom stereocenters. The van der Waals surface area contributed by atoms with Gasteiger partial charge in [0, 0.05) is 31.7 Å². The van der Waals surface area contributed by atoms with Gasteiger partial charge in [0.15, 0.2) is 0 Å². The van der Waals surface area contributed by atoms with Gasteiger partial charge in [-0.25, -0.2) is 9.18 Å². The summed E-state index contributed by atoms with van der Waals surface area (Å²) in [5, 5.41) is 2.78. The van der Waals surface area contributed by atoms with Gasteiger partial charge in [-0.1, -0.05) is 38.2 Å². The third-order valence-corrected chi connectivity index (χ3v) is 7.52. The highest BCUT2D eigenvalue weighted by Gasteiger charge is 2.40. The molecule has 0 bridgehead atoms. The lowest BCUT2D eigenvalue weighted by atomic mass is 9.84. The van der Waals surface area contributed by atoms with Crippen molar-refractivity contribution in [3.8, 4) is 0 Å². The summed E-state index contributed by atoms with van der Waals surface area (Å²) in [7, 11) is 0. The quantitative estimate of drug-likeness (QED) is 0.589. The highest BCUT2D eigenvalue weighted by Crippen LogP contribution is 2.27. The number of hydrogen-bond acceptors (Lipinski definition) is 5. The lowest BCUT2D eigenvalue weighted by Crippen LogP contribution is -2.65. The molecule has 1 aromatic carbocycles. The van der Waals surface area contributed by atoms with Gasteiger partial charge >= 0.3 is 6.03 Å². The number of nitrogens with one attached hydrogen (secondary N) is 1. The Morgan fingerprint density at radius 2 is 1.76 bits per heavy atom. The van der Waals surface area contributed by atoms with Crippen LogP contribution in [0.25, 0.3) is 0 Å². The fourth-order valence-corrected chi connectivity index (χ4v) is 5.43. The molecule has 10 nitrogen and oxygen atoms in total. The minimum atomic E-state index is -1.02. The van der Waals surface area contributed by atoms with Gasteiger partial charge in [0.05, 0.1) is 19.8 Å². The van der Waals surface area contributed by atoms with E-state index in [-0.39, 0.29) is 31.2 Å². The topological polar surface area (TPSA) is 125 Å². The molecule has 4 rings (SSSR count). The van der Waals surface area contributed by atoms with E-state index in [0.29, 0.717) is 38.6 Å². The van der Waals surface area contributed by atoms with Crippen molar-refractivity contribution in [2.45, 2.75) is 50.6 Å². The van der Waals surface area contributed by atoms with E-state index in [1.165, 1.54) is 34.4 Å². The fourth-order valence-electron chi connectivity index (χ4n) is 5.43. The minimum absolute atomic E-state index is 0.0772. The average Bonchev–Trinajstić information content (AvgIpc) is 2.92. The maximum atomic E-state index is 13.7. The SMILES string of the molecule is NC(=O)C(CC1CCCCC1)NC(=O)C1CN(C(=O)c2cccc(F)c2)CCN1C(=O)N1CCOCC1. The van der Waals surface area contributed by atoms with E-state index in [4.69, 9.17) is 10.5 Å². The minimum Gasteiger partial charge on any atom is -0.378 e. The van der Waals surface area contributed by atoms with Crippen molar-refractivity contribution in [1.29, 1.82) is 0 Å². The number of carbonyl (C=O) groups is 4. The Morgan fingerprint density at radius 1 is 1.03 bits per heavy atom. The van der Waals surface area contributed by atoms with E-state index >= 15 is 0 Å². The number of rotatable bonds is 6. The monoisotopic (exact) mass is 517 g/mol. The van der Waals surface area contributed by atoms with Crippen molar-refractivity contribution in [2.75, 3.05) is 45.9 Å². The Hall–Kier alpha value is -3.21. The lowest BCUT2D eigenvalue weighted by Gasteiger charge is -2.43. The van der Waals surface area contributed by atoms with Crippen LogP contribution >= 0.6 is 0 Å². The third kappa shape index (κ3) is 6.76. The van der Waals surface area contributed by atoms with Crippen molar-refractivity contribution in [1.82, 2.24) is 20.0 Å². The Morgan fingerprint density at radius 3 is 2.43 bits per heavy atom. The van der Waals surface area contributed by atoms with Gasteiger partial charge in [-0.05, 0) is 30.5 Å². The number of ether oxygens (including phenoxy) is 1. The standard InChI is InChI=1S/C26H36FN5O5/c27-20-8-4-7-19(16-20)25(35)31-9-10-32(26(36)30-11-13-37-14-12-30)22(17-31)24(34)29-21(23(28)33)15-18-5-2-1-3-6-18/h4,7-8,16,18,21-22H,1-3,5-6,9-15,17H2,(H2,28,33)(H,29,34). The van der Waals surface area contributed by atoms with E-state index in [1.807, 2.05) is 0 Å². The molecule has 3 aliphatic rings. The van der Waals surface area contributed by atoms with Crippen LogP contribution in [0.5, 0.6) is 0 Å². The molecule has 1 aromatic rings. The second kappa shape index (κ2) is 12.4. The molecule has 37 heavy (non-hydrogen) atoms. The lowest BCUT2D eigenvalue weighted by molar-refractivity contribution is -0.132. The molecule has 1 aliphatic carbocycles. The molecule has 5 amide bonds. The van der Waals surface area contributed by atoms with Crippen LogP contribution in [0.3, 0.4) is 0 Å². The van der Waals surface area contributed by atoms with Crippen LogP contribution < -0.4 is 11.1 Å². The second-order valence-electron chi connectivity index (χ2n) is 10.1. The smallest absolute Gasteiger partial charge is 0.320 e. The summed E-state index contributed by atoms with van der Waals surface area (Å²) in [6, 6.07) is 3.18. The average molecular weight is 518 g/mol. The molecule has 11 heteroatoms. The predicted molar refractivity (Wildman–Crippen MR) is 133 cm³/mol. The van der Waals surface area contributed by atoms with Crippen LogP contribution in [-0.4, -0.2) is 96.5 Å². The van der Waals surface area contributed by atoms with E-state index in [0.717, 1.165) is 31.7 Å². The number of urea groups is 1. The first-order valence-electron chi connectivity index (χ1n) is 13.1. The fraction of sp³-hybridized carbons (Fsp3) is 0.615. The molecular weight excluding hydrogens is 481 g/mol. The Balaban J connectivity index is 1.51. The number of primary amides is 1. The summed E-state index contributed by atoms with van der Waals surface area (Å²) in [6.07, 6.45) is 5.77. The molecule has 0 aromatic heterocycles. The molecule has 202 valence electrons. The van der Waals surface area contributed by atoms with Crippen molar-refractivity contribution in [3.05, 3.63) is 35.6 Å². The van der Waals surface area contributed by atoms with Crippen LogP contribution in [-0.2, 0) is 14.3 Å². The number of benzene rings is 1. The van der Waals surface area contributed by atoms with Crippen molar-refractivity contribution in [2.24, 2.45) is 11.7 Å². The Kier molecular flexibility index (Phi) is 8.96. The maximum Gasteiger partial charge on any atom is 0.320 e. The van der Waals surface area contributed by atoms with Gasteiger partial charge in [0.1, 0.15) is 17.9 Å². The molecule has 1 saturated carbocycles. The van der Waals surface area contributed by atoms with Crippen molar-refractivity contribution < 1.29 is 28.3 Å². The van der Waals surface area contributed by atoms with E-state index in [2.05, 4.69) is 5.32 Å². The number of carbonyl (C=O) groups excluding carboxylic acids is 4. The molecule has 2 heterocycles. The molecule has 2 saturated heterocycles. The van der Waals surface area contributed by atoms with Gasteiger partial charge in [-0.15, -0.1) is 0 Å². The molecule has 0 spiro atoms. The zero-order valence-corrected chi connectivity index (χ0v) is 21.1. The van der Waals surface area contributed by atoms with Gasteiger partial charge < -0.3 is 30.5 Å². The number of halogens is 1. The molecule has 3 N–H and O–H groups in total. The molecule has 2 aliphatic heterocycles. The highest BCUT2D eigenvalue weighted by atomic mass is 19.1. The van der Waals surface area contributed by atoms with Gasteiger partial charge in [-0.3, -0.25) is 14.4 Å². The summed E-state index contributed by atoms with van der Waals surface area (Å²) >= 11 is 0. The van der Waals surface area contributed by atoms with Gasteiger partial charge in [0.25, 0.3) is 5.91 Å². The van der Waals surface area contributed by atoms with Gasteiger partial charge in [-0.2, -0.15) is 0 Å². The number of amides is 5.